The molecule has 88 valence electrons. The molecule has 1 rings (SSSR count). The van der Waals surface area contributed by atoms with Gasteiger partial charge in [0.1, 0.15) is 0 Å². The zero-order chi connectivity index (χ0) is 12.0. The molecule has 3 heteroatoms. The van der Waals surface area contributed by atoms with Gasteiger partial charge in [-0.3, -0.25) is 4.79 Å². The maximum absolute atomic E-state index is 11.8. The highest BCUT2D eigenvalue weighted by atomic mass is 16.3. The van der Waals surface area contributed by atoms with Crippen molar-refractivity contribution < 1.29 is 9.21 Å². The number of hydrogen-bond donors (Lipinski definition) is 1. The van der Waals surface area contributed by atoms with Crippen LogP contribution in [-0.2, 0) is 0 Å². The second-order valence-electron chi connectivity index (χ2n) is 4.05. The third-order valence-electron chi connectivity index (χ3n) is 2.39. The predicted octanol–water partition coefficient (Wildman–Crippen LogP) is 3.10. The molecule has 1 aromatic rings. The monoisotopic (exact) mass is 221 g/mol. The van der Waals surface area contributed by atoms with Gasteiger partial charge in [0.05, 0.1) is 6.26 Å². The molecule has 0 aliphatic rings. The molecule has 0 fully saturated rings. The van der Waals surface area contributed by atoms with Crippen molar-refractivity contribution in [1.82, 2.24) is 5.32 Å². The molecular weight excluding hydrogens is 202 g/mol. The normalized spacial score (nSPS) is 10.4. The molecule has 3 nitrogen and oxygen atoms in total. The molecular formula is C13H19NO2. The van der Waals surface area contributed by atoms with Crippen LogP contribution in [-0.4, -0.2) is 12.5 Å². The third kappa shape index (κ3) is 3.26. The first-order valence-electron chi connectivity index (χ1n) is 5.63. The van der Waals surface area contributed by atoms with Crippen molar-refractivity contribution in [3.8, 4) is 0 Å². The number of rotatable bonds is 6. The van der Waals surface area contributed by atoms with E-state index in [0.29, 0.717) is 18.2 Å². The Hall–Kier alpha value is -1.51. The van der Waals surface area contributed by atoms with Gasteiger partial charge in [0.2, 0.25) is 0 Å². The predicted molar refractivity (Wildman–Crippen MR) is 64.6 cm³/mol. The number of carbonyl (C=O) groups is 1. The number of carbonyl (C=O) groups excluding carboxylic acids is 1. The van der Waals surface area contributed by atoms with Crippen molar-refractivity contribution in [3.63, 3.8) is 0 Å². The van der Waals surface area contributed by atoms with Gasteiger partial charge < -0.3 is 9.73 Å². The van der Waals surface area contributed by atoms with Gasteiger partial charge in [-0.25, -0.2) is 0 Å². The van der Waals surface area contributed by atoms with E-state index >= 15 is 0 Å². The first-order chi connectivity index (χ1) is 7.66. The van der Waals surface area contributed by atoms with Gasteiger partial charge >= 0.3 is 0 Å². The van der Waals surface area contributed by atoms with Crippen molar-refractivity contribution >= 4 is 5.91 Å². The summed E-state index contributed by atoms with van der Waals surface area (Å²) in [7, 11) is 0. The van der Waals surface area contributed by atoms with E-state index < -0.39 is 0 Å². The molecule has 0 unspecified atom stereocenters. The quantitative estimate of drug-likeness (QED) is 0.592. The molecule has 0 spiro atoms. The van der Waals surface area contributed by atoms with Crippen LogP contribution in [0.15, 0.2) is 29.4 Å². The summed E-state index contributed by atoms with van der Waals surface area (Å²) in [4.78, 5) is 11.8. The average Bonchev–Trinajstić information content (AvgIpc) is 2.73. The largest absolute Gasteiger partial charge is 0.459 e. The Morgan fingerprint density at radius 2 is 2.38 bits per heavy atom. The number of furan rings is 1. The maximum Gasteiger partial charge on any atom is 0.287 e. The highest BCUT2D eigenvalue weighted by Gasteiger charge is 2.16. The average molecular weight is 221 g/mol. The number of unbranched alkanes of at least 4 members (excludes halogenated alkanes) is 1. The van der Waals surface area contributed by atoms with Gasteiger partial charge in [-0.15, -0.1) is 6.58 Å². The van der Waals surface area contributed by atoms with Crippen LogP contribution in [0.1, 0.15) is 48.7 Å². The van der Waals surface area contributed by atoms with E-state index in [1.165, 1.54) is 0 Å². The molecule has 1 heterocycles. The Kier molecular flexibility index (Phi) is 4.83. The summed E-state index contributed by atoms with van der Waals surface area (Å²) >= 11 is 0. The molecule has 0 aliphatic heterocycles. The fourth-order valence-electron chi connectivity index (χ4n) is 1.49. The van der Waals surface area contributed by atoms with E-state index in [-0.39, 0.29) is 5.91 Å². The minimum absolute atomic E-state index is 0.127. The summed E-state index contributed by atoms with van der Waals surface area (Å²) in [5.41, 5.74) is 0.959. The Balaban J connectivity index is 2.52. The van der Waals surface area contributed by atoms with E-state index in [1.54, 1.807) is 6.26 Å². The Bertz CT molecular complexity index is 353. The molecule has 0 bridgehead atoms. The van der Waals surface area contributed by atoms with Crippen LogP contribution in [0.4, 0.5) is 0 Å². The fourth-order valence-corrected chi connectivity index (χ4v) is 1.49. The summed E-state index contributed by atoms with van der Waals surface area (Å²) in [6, 6.07) is 1.85. The lowest BCUT2D eigenvalue weighted by molar-refractivity contribution is 0.0924. The Morgan fingerprint density at radius 3 is 3.00 bits per heavy atom. The minimum Gasteiger partial charge on any atom is -0.459 e. The van der Waals surface area contributed by atoms with E-state index in [4.69, 9.17) is 4.42 Å². The zero-order valence-electron chi connectivity index (χ0n) is 9.95. The topological polar surface area (TPSA) is 42.2 Å². The van der Waals surface area contributed by atoms with E-state index in [0.717, 1.165) is 18.4 Å². The van der Waals surface area contributed by atoms with Crippen LogP contribution in [0, 0.1) is 0 Å². The highest BCUT2D eigenvalue weighted by Crippen LogP contribution is 2.20. The second-order valence-corrected chi connectivity index (χ2v) is 4.05. The van der Waals surface area contributed by atoms with Gasteiger partial charge in [0.15, 0.2) is 5.76 Å². The molecule has 1 aromatic heterocycles. The molecule has 0 aromatic carbocycles. The van der Waals surface area contributed by atoms with Crippen LogP contribution in [0.25, 0.3) is 0 Å². The molecule has 16 heavy (non-hydrogen) atoms. The molecule has 0 saturated heterocycles. The number of nitrogens with one attached hydrogen (secondary N) is 1. The number of allylic oxidation sites excluding steroid dienone is 1. The van der Waals surface area contributed by atoms with Gasteiger partial charge in [-0.2, -0.15) is 0 Å². The van der Waals surface area contributed by atoms with E-state index in [9.17, 15) is 4.79 Å². The van der Waals surface area contributed by atoms with Crippen LogP contribution >= 0.6 is 0 Å². The second kappa shape index (κ2) is 6.16. The first-order valence-corrected chi connectivity index (χ1v) is 5.63. The SMILES string of the molecule is C=CCCCNC(=O)c1occc1C(C)C. The van der Waals surface area contributed by atoms with Crippen LogP contribution < -0.4 is 5.32 Å². The third-order valence-corrected chi connectivity index (χ3v) is 2.39. The lowest BCUT2D eigenvalue weighted by Gasteiger charge is -2.06. The van der Waals surface area contributed by atoms with Crippen LogP contribution in [0.3, 0.4) is 0 Å². The zero-order valence-corrected chi connectivity index (χ0v) is 9.95. The minimum atomic E-state index is -0.127. The number of hydrogen-bond acceptors (Lipinski definition) is 2. The summed E-state index contributed by atoms with van der Waals surface area (Å²) < 4.78 is 5.21. The molecule has 1 N–H and O–H groups in total. The van der Waals surface area contributed by atoms with Crippen molar-refractivity contribution in [2.75, 3.05) is 6.54 Å². The molecule has 0 radical (unpaired) electrons. The van der Waals surface area contributed by atoms with E-state index in [2.05, 4.69) is 11.9 Å². The van der Waals surface area contributed by atoms with Crippen molar-refractivity contribution in [2.45, 2.75) is 32.6 Å². The molecule has 1 amide bonds. The first kappa shape index (κ1) is 12.6. The molecule has 0 atom stereocenters. The lowest BCUT2D eigenvalue weighted by atomic mass is 10.0. The standard InChI is InChI=1S/C13H19NO2/c1-4-5-6-8-14-13(15)12-11(10(2)3)7-9-16-12/h4,7,9-10H,1,5-6,8H2,2-3H3,(H,14,15). The van der Waals surface area contributed by atoms with Gasteiger partial charge in [0.25, 0.3) is 5.91 Å². The summed E-state index contributed by atoms with van der Waals surface area (Å²) in [5, 5.41) is 2.83. The smallest absolute Gasteiger partial charge is 0.287 e. The highest BCUT2D eigenvalue weighted by molar-refractivity contribution is 5.93. The fraction of sp³-hybridized carbons (Fsp3) is 0.462. The van der Waals surface area contributed by atoms with Crippen molar-refractivity contribution in [2.24, 2.45) is 0 Å². The van der Waals surface area contributed by atoms with Crippen LogP contribution in [0.5, 0.6) is 0 Å². The van der Waals surface area contributed by atoms with Crippen molar-refractivity contribution in [3.05, 3.63) is 36.3 Å². The number of amides is 1. The summed E-state index contributed by atoms with van der Waals surface area (Å²) in [6.45, 7) is 8.37. The molecule has 0 aliphatic carbocycles. The summed E-state index contributed by atoms with van der Waals surface area (Å²) in [6.07, 6.45) is 5.23. The van der Waals surface area contributed by atoms with Crippen LogP contribution in [0.2, 0.25) is 0 Å². The Labute approximate surface area is 96.5 Å². The van der Waals surface area contributed by atoms with Gasteiger partial charge in [-0.05, 0) is 24.8 Å². The van der Waals surface area contributed by atoms with E-state index in [1.807, 2.05) is 26.0 Å². The Morgan fingerprint density at radius 1 is 1.62 bits per heavy atom. The molecule has 0 saturated carbocycles. The lowest BCUT2D eigenvalue weighted by Crippen LogP contribution is -2.25. The summed E-state index contributed by atoms with van der Waals surface area (Å²) in [5.74, 6) is 0.610. The van der Waals surface area contributed by atoms with Gasteiger partial charge in [-0.1, -0.05) is 19.9 Å². The van der Waals surface area contributed by atoms with Gasteiger partial charge in [0, 0.05) is 12.1 Å². The van der Waals surface area contributed by atoms with Crippen molar-refractivity contribution in [1.29, 1.82) is 0 Å². The maximum atomic E-state index is 11.8.